The van der Waals surface area contributed by atoms with Crippen LogP contribution in [0.15, 0.2) is 48.5 Å². The molecule has 120 valence electrons. The van der Waals surface area contributed by atoms with E-state index in [0.29, 0.717) is 17.0 Å². The Morgan fingerprint density at radius 1 is 1.04 bits per heavy atom. The normalized spacial score (nSPS) is 10.0. The molecule has 0 aliphatic carbocycles. The van der Waals surface area contributed by atoms with Crippen LogP contribution in [0.1, 0.15) is 29.8 Å². The zero-order valence-electron chi connectivity index (χ0n) is 13.2. The van der Waals surface area contributed by atoms with Crippen molar-refractivity contribution in [2.24, 2.45) is 0 Å². The van der Waals surface area contributed by atoms with Crippen molar-refractivity contribution in [1.29, 1.82) is 0 Å². The van der Waals surface area contributed by atoms with Gasteiger partial charge in [0.2, 0.25) is 0 Å². The Morgan fingerprint density at radius 2 is 1.78 bits per heavy atom. The van der Waals surface area contributed by atoms with Crippen molar-refractivity contribution < 1.29 is 19.1 Å². The number of esters is 1. The topological polar surface area (TPSA) is 64.6 Å². The molecule has 5 heteroatoms. The first-order chi connectivity index (χ1) is 11.1. The first kappa shape index (κ1) is 16.5. The maximum Gasteiger partial charge on any atom is 0.411 e. The van der Waals surface area contributed by atoms with E-state index in [-0.39, 0.29) is 6.61 Å². The molecule has 2 aromatic carbocycles. The molecule has 2 rings (SSSR count). The molecule has 0 heterocycles. The highest BCUT2D eigenvalue weighted by molar-refractivity contribution is 5.91. The quantitative estimate of drug-likeness (QED) is 0.668. The molecule has 5 nitrogen and oxygen atoms in total. The molecular weight excluding hydrogens is 294 g/mol. The Morgan fingerprint density at radius 3 is 2.43 bits per heavy atom. The van der Waals surface area contributed by atoms with Gasteiger partial charge in [0.25, 0.3) is 0 Å². The highest BCUT2D eigenvalue weighted by Gasteiger charge is 2.09. The molecule has 1 N–H and O–H groups in total. The molecule has 0 aliphatic rings. The molecular formula is C18H19NO4. The van der Waals surface area contributed by atoms with Crippen LogP contribution in [0.3, 0.4) is 0 Å². The Balaban J connectivity index is 2.04. The van der Waals surface area contributed by atoms with Gasteiger partial charge in [0.05, 0.1) is 12.2 Å². The van der Waals surface area contributed by atoms with Crippen LogP contribution >= 0.6 is 0 Å². The maximum absolute atomic E-state index is 12.1. The first-order valence-electron chi connectivity index (χ1n) is 7.47. The van der Waals surface area contributed by atoms with Crippen LogP contribution < -0.4 is 10.1 Å². The molecule has 0 spiro atoms. The van der Waals surface area contributed by atoms with Crippen LogP contribution in [0.5, 0.6) is 5.75 Å². The number of nitrogens with one attached hydrogen (secondary N) is 1. The minimum atomic E-state index is -0.550. The van der Waals surface area contributed by atoms with Crippen LogP contribution in [0, 0.1) is 0 Å². The monoisotopic (exact) mass is 313 g/mol. The van der Waals surface area contributed by atoms with Crippen molar-refractivity contribution in [3.8, 4) is 5.75 Å². The van der Waals surface area contributed by atoms with Gasteiger partial charge in [-0.05, 0) is 43.2 Å². The third-order valence-corrected chi connectivity index (χ3v) is 3.16. The van der Waals surface area contributed by atoms with Gasteiger partial charge in [-0.3, -0.25) is 5.32 Å². The lowest BCUT2D eigenvalue weighted by Gasteiger charge is -2.08. The summed E-state index contributed by atoms with van der Waals surface area (Å²) >= 11 is 0. The second-order valence-corrected chi connectivity index (χ2v) is 4.81. The van der Waals surface area contributed by atoms with Crippen LogP contribution in [-0.2, 0) is 11.2 Å². The molecule has 0 aromatic heterocycles. The predicted molar refractivity (Wildman–Crippen MR) is 87.9 cm³/mol. The molecule has 0 atom stereocenters. The van der Waals surface area contributed by atoms with Crippen LogP contribution in [0.4, 0.5) is 10.5 Å². The fraction of sp³-hybridized carbons (Fsp3) is 0.222. The summed E-state index contributed by atoms with van der Waals surface area (Å²) in [6.07, 6.45) is 0.364. The lowest BCUT2D eigenvalue weighted by Crippen LogP contribution is -2.13. The van der Waals surface area contributed by atoms with Crippen molar-refractivity contribution in [2.75, 3.05) is 11.9 Å². The third-order valence-electron chi connectivity index (χ3n) is 3.16. The van der Waals surface area contributed by atoms with Crippen molar-refractivity contribution in [3.05, 3.63) is 59.7 Å². The van der Waals surface area contributed by atoms with Gasteiger partial charge >= 0.3 is 12.1 Å². The van der Waals surface area contributed by atoms with E-state index in [2.05, 4.69) is 12.2 Å². The average Bonchev–Trinajstić information content (AvgIpc) is 2.55. The van der Waals surface area contributed by atoms with Crippen LogP contribution in [0.25, 0.3) is 0 Å². The number of carbonyl (C=O) groups excluding carboxylic acids is 2. The highest BCUT2D eigenvalue weighted by Crippen LogP contribution is 2.19. The number of hydrogen-bond donors (Lipinski definition) is 1. The van der Waals surface area contributed by atoms with E-state index >= 15 is 0 Å². The summed E-state index contributed by atoms with van der Waals surface area (Å²) < 4.78 is 10.1. The minimum Gasteiger partial charge on any atom is -0.450 e. The number of anilines is 1. The van der Waals surface area contributed by atoms with Crippen molar-refractivity contribution >= 4 is 17.7 Å². The van der Waals surface area contributed by atoms with Crippen molar-refractivity contribution in [1.82, 2.24) is 0 Å². The second kappa shape index (κ2) is 7.98. The zero-order chi connectivity index (χ0) is 16.7. The van der Waals surface area contributed by atoms with E-state index in [9.17, 15) is 9.59 Å². The fourth-order valence-electron chi connectivity index (χ4n) is 1.96. The summed E-state index contributed by atoms with van der Waals surface area (Å²) in [5.41, 5.74) is 2.13. The Kier molecular flexibility index (Phi) is 5.74. The SMILES string of the molecule is CCOC(=O)Nc1cccc(OC(=O)c2ccc(CC)cc2)c1. The van der Waals surface area contributed by atoms with Gasteiger partial charge in [0.15, 0.2) is 0 Å². The van der Waals surface area contributed by atoms with Gasteiger partial charge in [-0.25, -0.2) is 9.59 Å². The van der Waals surface area contributed by atoms with E-state index in [4.69, 9.17) is 9.47 Å². The molecule has 0 saturated carbocycles. The zero-order valence-corrected chi connectivity index (χ0v) is 13.2. The van der Waals surface area contributed by atoms with E-state index in [0.717, 1.165) is 12.0 Å². The third kappa shape index (κ3) is 4.85. The van der Waals surface area contributed by atoms with E-state index in [1.807, 2.05) is 12.1 Å². The largest absolute Gasteiger partial charge is 0.450 e. The van der Waals surface area contributed by atoms with E-state index in [1.165, 1.54) is 0 Å². The molecule has 1 amide bonds. The van der Waals surface area contributed by atoms with Gasteiger partial charge < -0.3 is 9.47 Å². The molecule has 23 heavy (non-hydrogen) atoms. The lowest BCUT2D eigenvalue weighted by atomic mass is 10.1. The van der Waals surface area contributed by atoms with Gasteiger partial charge in [0.1, 0.15) is 5.75 Å². The molecule has 0 fully saturated rings. The number of benzene rings is 2. The summed E-state index contributed by atoms with van der Waals surface area (Å²) in [6.45, 7) is 4.06. The first-order valence-corrected chi connectivity index (χ1v) is 7.47. The average molecular weight is 313 g/mol. The lowest BCUT2D eigenvalue weighted by molar-refractivity contribution is 0.0735. The molecule has 0 unspecified atom stereocenters. The summed E-state index contributed by atoms with van der Waals surface area (Å²) in [6, 6.07) is 13.9. The molecule has 0 bridgehead atoms. The standard InChI is InChI=1S/C18H19NO4/c1-3-13-8-10-14(11-9-13)17(20)23-16-7-5-6-15(12-16)19-18(21)22-4-2/h5-12H,3-4H2,1-2H3,(H,19,21). The van der Waals surface area contributed by atoms with Gasteiger partial charge in [-0.1, -0.05) is 25.1 Å². The van der Waals surface area contributed by atoms with Crippen molar-refractivity contribution in [3.63, 3.8) is 0 Å². The summed E-state index contributed by atoms with van der Waals surface area (Å²) in [5.74, 6) is -0.0928. The molecule has 2 aromatic rings. The van der Waals surface area contributed by atoms with Crippen LogP contribution in [-0.4, -0.2) is 18.7 Å². The van der Waals surface area contributed by atoms with Crippen LogP contribution in [0.2, 0.25) is 0 Å². The maximum atomic E-state index is 12.1. The van der Waals surface area contributed by atoms with Gasteiger partial charge in [-0.2, -0.15) is 0 Å². The Bertz CT molecular complexity index is 680. The summed E-state index contributed by atoms with van der Waals surface area (Å²) in [5, 5.41) is 2.56. The number of carbonyl (C=O) groups is 2. The highest BCUT2D eigenvalue weighted by atomic mass is 16.5. The smallest absolute Gasteiger partial charge is 0.411 e. The van der Waals surface area contributed by atoms with E-state index in [1.54, 1.807) is 43.3 Å². The number of amides is 1. The molecule has 0 saturated heterocycles. The molecule has 0 radical (unpaired) electrons. The number of ether oxygens (including phenoxy) is 2. The fourth-order valence-corrected chi connectivity index (χ4v) is 1.96. The minimum absolute atomic E-state index is 0.286. The Hall–Kier alpha value is -2.82. The predicted octanol–water partition coefficient (Wildman–Crippen LogP) is 4.04. The Labute approximate surface area is 135 Å². The number of hydrogen-bond acceptors (Lipinski definition) is 4. The summed E-state index contributed by atoms with van der Waals surface area (Å²) in [7, 11) is 0. The van der Waals surface area contributed by atoms with Crippen molar-refractivity contribution in [2.45, 2.75) is 20.3 Å². The molecule has 0 aliphatic heterocycles. The van der Waals surface area contributed by atoms with E-state index < -0.39 is 12.1 Å². The second-order valence-electron chi connectivity index (χ2n) is 4.81. The number of aryl methyl sites for hydroxylation is 1. The number of rotatable bonds is 5. The summed E-state index contributed by atoms with van der Waals surface area (Å²) in [4.78, 5) is 23.5. The van der Waals surface area contributed by atoms with Gasteiger partial charge in [0, 0.05) is 11.8 Å². The van der Waals surface area contributed by atoms with Gasteiger partial charge in [-0.15, -0.1) is 0 Å².